The van der Waals surface area contributed by atoms with E-state index in [9.17, 15) is 4.79 Å². The van der Waals surface area contributed by atoms with Gasteiger partial charge in [0.1, 0.15) is 6.10 Å². The van der Waals surface area contributed by atoms with Crippen LogP contribution in [0.2, 0.25) is 0 Å². The van der Waals surface area contributed by atoms with Gasteiger partial charge >= 0.3 is 0 Å². The molecule has 0 radical (unpaired) electrons. The average molecular weight is 241 g/mol. The molecule has 1 aliphatic heterocycles. The summed E-state index contributed by atoms with van der Waals surface area (Å²) in [6.07, 6.45) is 3.79. The van der Waals surface area contributed by atoms with Crippen LogP contribution < -0.4 is 5.73 Å². The molecule has 17 heavy (non-hydrogen) atoms. The molecule has 1 saturated carbocycles. The van der Waals surface area contributed by atoms with Crippen LogP contribution in [-0.4, -0.2) is 47.7 Å². The zero-order chi connectivity index (χ0) is 12.3. The standard InChI is InChI=1S/C11H19N3O3/c12-10(13-16)9-7-14(5-6-17-9)11(15)8-3-1-2-4-8/h8-9,16H,1-7H2,(H2,12,13). The van der Waals surface area contributed by atoms with E-state index in [0.29, 0.717) is 19.7 Å². The fourth-order valence-corrected chi connectivity index (χ4v) is 2.52. The average Bonchev–Trinajstić information content (AvgIpc) is 2.91. The molecule has 0 aromatic heterocycles. The number of nitrogens with two attached hydrogens (primary N) is 1. The summed E-state index contributed by atoms with van der Waals surface area (Å²) in [5.74, 6) is 0.400. The van der Waals surface area contributed by atoms with Gasteiger partial charge in [0.2, 0.25) is 5.91 Å². The van der Waals surface area contributed by atoms with Crippen molar-refractivity contribution in [2.45, 2.75) is 31.8 Å². The molecular weight excluding hydrogens is 222 g/mol. The van der Waals surface area contributed by atoms with Crippen LogP contribution in [0.4, 0.5) is 0 Å². The molecular formula is C11H19N3O3. The first-order valence-corrected chi connectivity index (χ1v) is 6.10. The second kappa shape index (κ2) is 5.35. The third-order valence-corrected chi connectivity index (χ3v) is 3.53. The summed E-state index contributed by atoms with van der Waals surface area (Å²) < 4.78 is 5.36. The van der Waals surface area contributed by atoms with Gasteiger partial charge in [0.25, 0.3) is 0 Å². The first-order chi connectivity index (χ1) is 8.22. The SMILES string of the molecule is NC(=NO)C1CN(C(=O)C2CCCC2)CCO1. The number of carbonyl (C=O) groups is 1. The molecule has 2 rings (SSSR count). The largest absolute Gasteiger partial charge is 0.409 e. The predicted octanol–water partition coefficient (Wildman–Crippen LogP) is 0.150. The second-order valence-corrected chi connectivity index (χ2v) is 4.65. The number of oxime groups is 1. The van der Waals surface area contributed by atoms with Crippen LogP contribution >= 0.6 is 0 Å². The van der Waals surface area contributed by atoms with Gasteiger partial charge < -0.3 is 20.6 Å². The topological polar surface area (TPSA) is 88.2 Å². The van der Waals surface area contributed by atoms with E-state index in [-0.39, 0.29) is 17.7 Å². The minimum absolute atomic E-state index is 0.0360. The van der Waals surface area contributed by atoms with E-state index < -0.39 is 6.10 Å². The van der Waals surface area contributed by atoms with Crippen LogP contribution in [0, 0.1) is 5.92 Å². The van der Waals surface area contributed by atoms with Crippen molar-refractivity contribution < 1.29 is 14.7 Å². The molecule has 2 aliphatic rings. The molecule has 1 amide bonds. The van der Waals surface area contributed by atoms with Crippen molar-refractivity contribution in [3.05, 3.63) is 0 Å². The molecule has 6 heteroatoms. The van der Waals surface area contributed by atoms with E-state index in [2.05, 4.69) is 5.16 Å². The molecule has 0 bridgehead atoms. The van der Waals surface area contributed by atoms with Crippen molar-refractivity contribution in [2.75, 3.05) is 19.7 Å². The molecule has 6 nitrogen and oxygen atoms in total. The molecule has 1 saturated heterocycles. The summed E-state index contributed by atoms with van der Waals surface area (Å²) in [6, 6.07) is 0. The number of nitrogens with zero attached hydrogens (tertiary/aromatic N) is 2. The van der Waals surface area contributed by atoms with Crippen LogP contribution in [0.15, 0.2) is 5.16 Å². The van der Waals surface area contributed by atoms with E-state index in [1.807, 2.05) is 0 Å². The lowest BCUT2D eigenvalue weighted by Crippen LogP contribution is -2.51. The minimum Gasteiger partial charge on any atom is -0.409 e. The fourth-order valence-electron chi connectivity index (χ4n) is 2.52. The Hall–Kier alpha value is -1.30. The summed E-state index contributed by atoms with van der Waals surface area (Å²) in [7, 11) is 0. The molecule has 1 heterocycles. The monoisotopic (exact) mass is 241 g/mol. The zero-order valence-electron chi connectivity index (χ0n) is 9.84. The van der Waals surface area contributed by atoms with Gasteiger partial charge in [-0.05, 0) is 12.8 Å². The van der Waals surface area contributed by atoms with E-state index in [4.69, 9.17) is 15.7 Å². The number of hydrogen-bond donors (Lipinski definition) is 2. The van der Waals surface area contributed by atoms with Gasteiger partial charge in [-0.3, -0.25) is 4.79 Å². The van der Waals surface area contributed by atoms with Crippen LogP contribution in [0.25, 0.3) is 0 Å². The molecule has 0 aromatic rings. The van der Waals surface area contributed by atoms with Gasteiger partial charge in [0.05, 0.1) is 13.2 Å². The Morgan fingerprint density at radius 1 is 1.41 bits per heavy atom. The highest BCUT2D eigenvalue weighted by atomic mass is 16.5. The molecule has 3 N–H and O–H groups in total. The van der Waals surface area contributed by atoms with Crippen molar-refractivity contribution in [3.8, 4) is 0 Å². The number of morpholine rings is 1. The second-order valence-electron chi connectivity index (χ2n) is 4.65. The van der Waals surface area contributed by atoms with Crippen molar-refractivity contribution in [3.63, 3.8) is 0 Å². The Kier molecular flexibility index (Phi) is 3.83. The first-order valence-electron chi connectivity index (χ1n) is 6.10. The van der Waals surface area contributed by atoms with Gasteiger partial charge in [-0.15, -0.1) is 0 Å². The van der Waals surface area contributed by atoms with Gasteiger partial charge in [-0.25, -0.2) is 0 Å². The maximum atomic E-state index is 12.2. The molecule has 2 fully saturated rings. The summed E-state index contributed by atoms with van der Waals surface area (Å²) in [5.41, 5.74) is 5.50. The number of carbonyl (C=O) groups excluding carboxylic acids is 1. The van der Waals surface area contributed by atoms with Crippen molar-refractivity contribution in [2.24, 2.45) is 16.8 Å². The molecule has 0 spiro atoms. The summed E-state index contributed by atoms with van der Waals surface area (Å²) in [5, 5.41) is 11.5. The number of amides is 1. The van der Waals surface area contributed by atoms with Crippen LogP contribution in [0.5, 0.6) is 0 Å². The summed E-state index contributed by atoms with van der Waals surface area (Å²) in [6.45, 7) is 1.44. The Morgan fingerprint density at radius 3 is 2.76 bits per heavy atom. The Morgan fingerprint density at radius 2 is 2.12 bits per heavy atom. The lowest BCUT2D eigenvalue weighted by atomic mass is 10.1. The first kappa shape index (κ1) is 12.2. The van der Waals surface area contributed by atoms with Crippen molar-refractivity contribution in [1.29, 1.82) is 0 Å². The molecule has 0 aromatic carbocycles. The van der Waals surface area contributed by atoms with Gasteiger partial charge in [-0.1, -0.05) is 18.0 Å². The van der Waals surface area contributed by atoms with E-state index in [0.717, 1.165) is 25.7 Å². The highest BCUT2D eigenvalue weighted by molar-refractivity contribution is 5.86. The van der Waals surface area contributed by atoms with Gasteiger partial charge in [0, 0.05) is 12.5 Å². The van der Waals surface area contributed by atoms with Crippen LogP contribution in [-0.2, 0) is 9.53 Å². The highest BCUT2D eigenvalue weighted by Gasteiger charge is 2.32. The Labute approximate surface area is 100 Å². The number of rotatable bonds is 2. The third-order valence-electron chi connectivity index (χ3n) is 3.53. The van der Waals surface area contributed by atoms with E-state index >= 15 is 0 Å². The molecule has 1 atom stereocenters. The molecule has 1 unspecified atom stereocenters. The van der Waals surface area contributed by atoms with Gasteiger partial charge in [-0.2, -0.15) is 0 Å². The van der Waals surface area contributed by atoms with Gasteiger partial charge in [0.15, 0.2) is 5.84 Å². The predicted molar refractivity (Wildman–Crippen MR) is 61.7 cm³/mol. The Bertz CT molecular complexity index is 313. The molecule has 96 valence electrons. The third kappa shape index (κ3) is 2.69. The van der Waals surface area contributed by atoms with E-state index in [1.165, 1.54) is 0 Å². The maximum absolute atomic E-state index is 12.2. The Balaban J connectivity index is 1.94. The van der Waals surface area contributed by atoms with Crippen LogP contribution in [0.1, 0.15) is 25.7 Å². The van der Waals surface area contributed by atoms with Crippen molar-refractivity contribution in [1.82, 2.24) is 4.90 Å². The molecule has 1 aliphatic carbocycles. The van der Waals surface area contributed by atoms with Crippen molar-refractivity contribution >= 4 is 11.7 Å². The lowest BCUT2D eigenvalue weighted by Gasteiger charge is -2.33. The van der Waals surface area contributed by atoms with Crippen LogP contribution in [0.3, 0.4) is 0 Å². The number of hydrogen-bond acceptors (Lipinski definition) is 4. The summed E-state index contributed by atoms with van der Waals surface area (Å²) >= 11 is 0. The van der Waals surface area contributed by atoms with E-state index in [1.54, 1.807) is 4.90 Å². The summed E-state index contributed by atoms with van der Waals surface area (Å²) in [4.78, 5) is 14.0. The minimum atomic E-state index is -0.473. The smallest absolute Gasteiger partial charge is 0.225 e. The normalized spacial score (nSPS) is 27.4. The number of ether oxygens (including phenoxy) is 1. The number of amidine groups is 1. The quantitative estimate of drug-likeness (QED) is 0.312. The fraction of sp³-hybridized carbons (Fsp3) is 0.818. The zero-order valence-corrected chi connectivity index (χ0v) is 9.84. The highest BCUT2D eigenvalue weighted by Crippen LogP contribution is 2.27. The maximum Gasteiger partial charge on any atom is 0.225 e. The lowest BCUT2D eigenvalue weighted by molar-refractivity contribution is -0.140.